The standard InChI is InChI=1S/C25H23N3O6S/c1-14-28(22(13-35-14)24(30)31)23(29)21-10-15(34-27-21)11-26-25(32)33-12-20-18-8-4-2-6-16(18)17-7-3-5-9-19(17)20/h2-10,14,20,22H,11-13H2,1H3,(H,26,32)(H,30,31). The van der Waals surface area contributed by atoms with E-state index in [2.05, 4.69) is 22.6 Å². The number of benzene rings is 2. The highest BCUT2D eigenvalue weighted by Gasteiger charge is 2.40. The van der Waals surface area contributed by atoms with Crippen LogP contribution in [0.25, 0.3) is 11.1 Å². The van der Waals surface area contributed by atoms with Crippen molar-refractivity contribution in [2.24, 2.45) is 0 Å². The van der Waals surface area contributed by atoms with E-state index in [1.54, 1.807) is 6.92 Å². The van der Waals surface area contributed by atoms with Crippen LogP contribution in [0.4, 0.5) is 4.79 Å². The highest BCUT2D eigenvalue weighted by molar-refractivity contribution is 8.00. The largest absolute Gasteiger partial charge is 0.480 e. The van der Waals surface area contributed by atoms with Crippen molar-refractivity contribution in [3.8, 4) is 11.1 Å². The molecule has 10 heteroatoms. The molecule has 2 N–H and O–H groups in total. The minimum Gasteiger partial charge on any atom is -0.480 e. The molecule has 5 rings (SSSR count). The molecule has 35 heavy (non-hydrogen) atoms. The van der Waals surface area contributed by atoms with Gasteiger partial charge in [-0.3, -0.25) is 4.79 Å². The molecule has 2 atom stereocenters. The fourth-order valence-corrected chi connectivity index (χ4v) is 5.75. The number of aromatic nitrogens is 1. The number of fused-ring (bicyclic) bond motifs is 3. The van der Waals surface area contributed by atoms with Crippen LogP contribution in [0, 0.1) is 0 Å². The summed E-state index contributed by atoms with van der Waals surface area (Å²) in [7, 11) is 0. The highest BCUT2D eigenvalue weighted by Crippen LogP contribution is 2.44. The van der Waals surface area contributed by atoms with E-state index >= 15 is 0 Å². The van der Waals surface area contributed by atoms with Crippen molar-refractivity contribution in [2.75, 3.05) is 12.4 Å². The number of hydrogen-bond acceptors (Lipinski definition) is 7. The smallest absolute Gasteiger partial charge is 0.407 e. The summed E-state index contributed by atoms with van der Waals surface area (Å²) in [6.45, 7) is 1.93. The first-order valence-corrected chi connectivity index (χ1v) is 12.2. The molecule has 1 aromatic heterocycles. The Hall–Kier alpha value is -3.79. The molecule has 1 fully saturated rings. The Morgan fingerprint density at radius 1 is 1.14 bits per heavy atom. The molecule has 2 unspecified atom stereocenters. The zero-order chi connectivity index (χ0) is 24.5. The van der Waals surface area contributed by atoms with Gasteiger partial charge in [-0.05, 0) is 29.2 Å². The molecular formula is C25H23N3O6S. The van der Waals surface area contributed by atoms with Crippen LogP contribution in [-0.2, 0) is 16.1 Å². The molecule has 9 nitrogen and oxygen atoms in total. The maximum Gasteiger partial charge on any atom is 0.407 e. The number of nitrogens with zero attached hydrogens (tertiary/aromatic N) is 2. The summed E-state index contributed by atoms with van der Waals surface area (Å²) in [6, 6.07) is 16.6. The van der Waals surface area contributed by atoms with E-state index in [1.807, 2.05) is 36.4 Å². The molecule has 1 aliphatic carbocycles. The number of carbonyl (C=O) groups excluding carboxylic acids is 2. The molecule has 0 spiro atoms. The minimum atomic E-state index is -1.06. The summed E-state index contributed by atoms with van der Waals surface area (Å²) >= 11 is 1.39. The summed E-state index contributed by atoms with van der Waals surface area (Å²) in [5.74, 6) is -1.06. The van der Waals surface area contributed by atoms with Crippen LogP contribution in [-0.4, -0.2) is 56.9 Å². The average Bonchev–Trinajstić information content (AvgIpc) is 3.57. The van der Waals surface area contributed by atoms with E-state index in [0.29, 0.717) is 5.75 Å². The van der Waals surface area contributed by atoms with Crippen molar-refractivity contribution in [2.45, 2.75) is 30.8 Å². The van der Waals surface area contributed by atoms with Gasteiger partial charge in [0.2, 0.25) is 0 Å². The lowest BCUT2D eigenvalue weighted by Gasteiger charge is -2.23. The first kappa shape index (κ1) is 23.0. The summed E-state index contributed by atoms with van der Waals surface area (Å²) in [4.78, 5) is 37.9. The lowest BCUT2D eigenvalue weighted by atomic mass is 9.98. The molecule has 2 aromatic carbocycles. The molecule has 0 saturated carbocycles. The molecular weight excluding hydrogens is 470 g/mol. The Balaban J connectivity index is 1.18. The molecule has 180 valence electrons. The van der Waals surface area contributed by atoms with Crippen molar-refractivity contribution < 1.29 is 28.8 Å². The number of thioether (sulfide) groups is 1. The lowest BCUT2D eigenvalue weighted by molar-refractivity contribution is -0.141. The summed E-state index contributed by atoms with van der Waals surface area (Å²) in [5.41, 5.74) is 4.52. The van der Waals surface area contributed by atoms with Crippen molar-refractivity contribution in [3.05, 3.63) is 77.2 Å². The van der Waals surface area contributed by atoms with Crippen molar-refractivity contribution in [1.82, 2.24) is 15.4 Å². The predicted molar refractivity (Wildman–Crippen MR) is 128 cm³/mol. The number of amides is 2. The number of carbonyl (C=O) groups is 3. The van der Waals surface area contributed by atoms with Crippen LogP contribution in [0.3, 0.4) is 0 Å². The number of carboxylic acids is 1. The van der Waals surface area contributed by atoms with Gasteiger partial charge in [-0.2, -0.15) is 0 Å². The minimum absolute atomic E-state index is 0.00469. The highest BCUT2D eigenvalue weighted by atomic mass is 32.2. The quantitative estimate of drug-likeness (QED) is 0.533. The normalized spacial score (nSPS) is 18.7. The van der Waals surface area contributed by atoms with E-state index in [9.17, 15) is 19.5 Å². The molecule has 2 aliphatic rings. The van der Waals surface area contributed by atoms with Crippen LogP contribution in [0.1, 0.15) is 40.2 Å². The van der Waals surface area contributed by atoms with E-state index < -0.39 is 24.0 Å². The number of alkyl carbamates (subject to hydrolysis) is 1. The maximum absolute atomic E-state index is 12.8. The van der Waals surface area contributed by atoms with Crippen molar-refractivity contribution >= 4 is 29.7 Å². The third-order valence-corrected chi connectivity index (χ3v) is 7.49. The van der Waals surface area contributed by atoms with Crippen LogP contribution >= 0.6 is 11.8 Å². The number of rotatable bonds is 6. The van der Waals surface area contributed by atoms with Gasteiger partial charge < -0.3 is 24.6 Å². The Morgan fingerprint density at radius 2 is 1.80 bits per heavy atom. The van der Waals surface area contributed by atoms with E-state index in [0.717, 1.165) is 22.3 Å². The average molecular weight is 494 g/mol. The van der Waals surface area contributed by atoms with Gasteiger partial charge in [0, 0.05) is 17.7 Å². The zero-order valence-electron chi connectivity index (χ0n) is 18.8. The Labute approximate surface area is 205 Å². The first-order valence-electron chi connectivity index (χ1n) is 11.2. The summed E-state index contributed by atoms with van der Waals surface area (Å²) in [6.07, 6.45) is -0.619. The Bertz CT molecular complexity index is 1250. The van der Waals surface area contributed by atoms with Crippen LogP contribution in [0.5, 0.6) is 0 Å². The van der Waals surface area contributed by atoms with Crippen LogP contribution in [0.15, 0.2) is 59.1 Å². The Kier molecular flexibility index (Phi) is 6.21. The topological polar surface area (TPSA) is 122 Å². The number of ether oxygens (including phenoxy) is 1. The van der Waals surface area contributed by atoms with Gasteiger partial charge >= 0.3 is 12.1 Å². The number of nitrogens with one attached hydrogen (secondary N) is 1. The monoisotopic (exact) mass is 493 g/mol. The lowest BCUT2D eigenvalue weighted by Crippen LogP contribution is -2.44. The van der Waals surface area contributed by atoms with Gasteiger partial charge in [0.15, 0.2) is 11.5 Å². The van der Waals surface area contributed by atoms with E-state index in [1.165, 1.54) is 22.7 Å². The SMILES string of the molecule is CC1SCC(C(=O)O)N1C(=O)c1cc(CNC(=O)OCC2c3ccccc3-c3ccccc32)on1. The third-order valence-electron chi connectivity index (χ3n) is 6.27. The molecule has 3 aromatic rings. The fourth-order valence-electron chi connectivity index (χ4n) is 4.58. The van der Waals surface area contributed by atoms with Crippen molar-refractivity contribution in [3.63, 3.8) is 0 Å². The summed E-state index contributed by atoms with van der Waals surface area (Å²) < 4.78 is 10.7. The molecule has 0 bridgehead atoms. The molecule has 2 amide bonds. The van der Waals surface area contributed by atoms with Crippen LogP contribution < -0.4 is 5.32 Å². The fraction of sp³-hybridized carbons (Fsp3) is 0.280. The Morgan fingerprint density at radius 3 is 2.46 bits per heavy atom. The second-order valence-corrected chi connectivity index (χ2v) is 9.71. The van der Waals surface area contributed by atoms with E-state index in [-0.39, 0.29) is 35.9 Å². The van der Waals surface area contributed by atoms with Crippen molar-refractivity contribution in [1.29, 1.82) is 0 Å². The van der Waals surface area contributed by atoms with Crippen LogP contribution in [0.2, 0.25) is 0 Å². The number of hydrogen-bond donors (Lipinski definition) is 2. The van der Waals surface area contributed by atoms with Gasteiger partial charge in [0.1, 0.15) is 12.6 Å². The van der Waals surface area contributed by atoms with Gasteiger partial charge in [0.05, 0.1) is 11.9 Å². The first-order chi connectivity index (χ1) is 16.9. The summed E-state index contributed by atoms with van der Waals surface area (Å²) in [5, 5.41) is 15.5. The number of carboxylic acid groups (broad SMARTS) is 1. The number of aliphatic carboxylic acids is 1. The van der Waals surface area contributed by atoms with Gasteiger partial charge in [-0.25, -0.2) is 9.59 Å². The van der Waals surface area contributed by atoms with E-state index in [4.69, 9.17) is 9.26 Å². The zero-order valence-corrected chi connectivity index (χ0v) is 19.7. The molecule has 1 aliphatic heterocycles. The second-order valence-electron chi connectivity index (χ2n) is 8.36. The third kappa shape index (κ3) is 4.37. The van der Waals surface area contributed by atoms with Gasteiger partial charge in [-0.15, -0.1) is 11.8 Å². The molecule has 1 saturated heterocycles. The van der Waals surface area contributed by atoms with Gasteiger partial charge in [-0.1, -0.05) is 53.7 Å². The maximum atomic E-state index is 12.8. The van der Waals surface area contributed by atoms with Gasteiger partial charge in [0.25, 0.3) is 5.91 Å². The molecule has 2 heterocycles. The second kappa shape index (κ2) is 9.46. The predicted octanol–water partition coefficient (Wildman–Crippen LogP) is 3.70. The molecule has 0 radical (unpaired) electrons.